The highest BCUT2D eigenvalue weighted by atomic mass is 15.1. The first-order valence-corrected chi connectivity index (χ1v) is 6.60. The predicted molar refractivity (Wildman–Crippen MR) is 82.8 cm³/mol. The van der Waals surface area contributed by atoms with Crippen molar-refractivity contribution in [3.05, 3.63) is 54.4 Å². The van der Waals surface area contributed by atoms with E-state index in [1.807, 2.05) is 54.9 Å². The fourth-order valence-corrected chi connectivity index (χ4v) is 2.07. The van der Waals surface area contributed by atoms with Crippen LogP contribution in [0.25, 0.3) is 5.82 Å². The van der Waals surface area contributed by atoms with Crippen LogP contribution in [0.2, 0.25) is 0 Å². The number of imidazole rings is 1. The fourth-order valence-electron chi connectivity index (χ4n) is 2.07. The van der Waals surface area contributed by atoms with E-state index in [2.05, 4.69) is 20.3 Å². The Balaban J connectivity index is 1.94. The summed E-state index contributed by atoms with van der Waals surface area (Å²) in [6.07, 6.45) is 3.63. The third kappa shape index (κ3) is 2.84. The molecule has 2 heterocycles. The highest BCUT2D eigenvalue weighted by Crippen LogP contribution is 2.18. The summed E-state index contributed by atoms with van der Waals surface area (Å²) < 4.78 is 1.92. The van der Waals surface area contributed by atoms with Gasteiger partial charge in [-0.2, -0.15) is 0 Å². The molecule has 0 radical (unpaired) electrons. The minimum absolute atomic E-state index is 0.693. The second kappa shape index (κ2) is 5.24. The highest BCUT2D eigenvalue weighted by Gasteiger charge is 2.06. The minimum atomic E-state index is 0.693. The zero-order valence-electron chi connectivity index (χ0n) is 11.9. The van der Waals surface area contributed by atoms with Crippen molar-refractivity contribution in [2.45, 2.75) is 13.8 Å². The van der Waals surface area contributed by atoms with E-state index in [0.717, 1.165) is 28.8 Å². The Kier molecular flexibility index (Phi) is 3.27. The average molecular weight is 280 g/mol. The molecule has 0 saturated heterocycles. The molecule has 6 heteroatoms. The van der Waals surface area contributed by atoms with Gasteiger partial charge in [-0.25, -0.2) is 15.0 Å². The quantitative estimate of drug-likeness (QED) is 0.721. The van der Waals surface area contributed by atoms with E-state index in [0.29, 0.717) is 5.82 Å². The number of aryl methyl sites for hydroxylation is 2. The first-order valence-electron chi connectivity index (χ1n) is 6.60. The largest absolute Gasteiger partial charge is 0.399 e. The van der Waals surface area contributed by atoms with Crippen LogP contribution in [0.5, 0.6) is 0 Å². The Morgan fingerprint density at radius 1 is 1.10 bits per heavy atom. The SMILES string of the molecule is Cc1nc(Nc2ccc(N)cc2)cc(-n2ccnc2C)n1. The van der Waals surface area contributed by atoms with Crippen LogP contribution in [0, 0.1) is 13.8 Å². The molecule has 0 unspecified atom stereocenters. The molecule has 0 bridgehead atoms. The molecule has 3 N–H and O–H groups in total. The summed E-state index contributed by atoms with van der Waals surface area (Å²) >= 11 is 0. The van der Waals surface area contributed by atoms with Gasteiger partial charge in [-0.15, -0.1) is 0 Å². The lowest BCUT2D eigenvalue weighted by atomic mass is 10.3. The maximum atomic E-state index is 5.69. The zero-order chi connectivity index (χ0) is 14.8. The number of rotatable bonds is 3. The lowest BCUT2D eigenvalue weighted by Crippen LogP contribution is -2.04. The summed E-state index contributed by atoms with van der Waals surface area (Å²) in [7, 11) is 0. The summed E-state index contributed by atoms with van der Waals surface area (Å²) in [5.41, 5.74) is 7.34. The normalized spacial score (nSPS) is 10.6. The van der Waals surface area contributed by atoms with Crippen molar-refractivity contribution in [3.63, 3.8) is 0 Å². The standard InChI is InChI=1S/C15H16N6/c1-10-18-14(20-13-5-3-12(16)4-6-13)9-15(19-10)21-8-7-17-11(21)2/h3-9H,16H2,1-2H3,(H,18,19,20). The minimum Gasteiger partial charge on any atom is -0.399 e. The maximum absolute atomic E-state index is 5.69. The van der Waals surface area contributed by atoms with E-state index in [9.17, 15) is 0 Å². The first-order chi connectivity index (χ1) is 10.1. The molecule has 0 spiro atoms. The Morgan fingerprint density at radius 3 is 2.52 bits per heavy atom. The molecular formula is C15H16N6. The molecule has 21 heavy (non-hydrogen) atoms. The molecule has 0 saturated carbocycles. The second-order valence-electron chi connectivity index (χ2n) is 4.75. The van der Waals surface area contributed by atoms with E-state index < -0.39 is 0 Å². The third-order valence-corrected chi connectivity index (χ3v) is 3.08. The van der Waals surface area contributed by atoms with Gasteiger partial charge in [-0.05, 0) is 38.1 Å². The number of nitrogens with zero attached hydrogens (tertiary/aromatic N) is 4. The number of anilines is 3. The molecule has 0 amide bonds. The third-order valence-electron chi connectivity index (χ3n) is 3.08. The number of nitrogens with one attached hydrogen (secondary N) is 1. The molecule has 106 valence electrons. The van der Waals surface area contributed by atoms with Crippen molar-refractivity contribution in [1.82, 2.24) is 19.5 Å². The molecular weight excluding hydrogens is 264 g/mol. The van der Waals surface area contributed by atoms with E-state index in [1.165, 1.54) is 0 Å². The Labute approximate surface area is 122 Å². The van der Waals surface area contributed by atoms with Gasteiger partial charge < -0.3 is 11.1 Å². The smallest absolute Gasteiger partial charge is 0.143 e. The van der Waals surface area contributed by atoms with Gasteiger partial charge in [0.05, 0.1) is 0 Å². The van der Waals surface area contributed by atoms with Crippen LogP contribution in [0.3, 0.4) is 0 Å². The molecule has 0 aliphatic rings. The first kappa shape index (κ1) is 13.1. The van der Waals surface area contributed by atoms with Crippen molar-refractivity contribution >= 4 is 17.2 Å². The van der Waals surface area contributed by atoms with Gasteiger partial charge in [0.2, 0.25) is 0 Å². The predicted octanol–water partition coefficient (Wildman–Crippen LogP) is 2.60. The Morgan fingerprint density at radius 2 is 1.86 bits per heavy atom. The van der Waals surface area contributed by atoms with Crippen LogP contribution < -0.4 is 11.1 Å². The van der Waals surface area contributed by atoms with Crippen LogP contribution >= 0.6 is 0 Å². The monoisotopic (exact) mass is 280 g/mol. The van der Waals surface area contributed by atoms with Crippen molar-refractivity contribution in [2.75, 3.05) is 11.1 Å². The van der Waals surface area contributed by atoms with Gasteiger partial charge >= 0.3 is 0 Å². The highest BCUT2D eigenvalue weighted by molar-refractivity contribution is 5.60. The number of hydrogen-bond acceptors (Lipinski definition) is 5. The van der Waals surface area contributed by atoms with Gasteiger partial charge in [-0.3, -0.25) is 4.57 Å². The van der Waals surface area contributed by atoms with Crippen molar-refractivity contribution in [3.8, 4) is 5.82 Å². The summed E-state index contributed by atoms with van der Waals surface area (Å²) in [4.78, 5) is 13.1. The van der Waals surface area contributed by atoms with Gasteiger partial charge in [0, 0.05) is 29.8 Å². The molecule has 0 aliphatic carbocycles. The zero-order valence-corrected chi connectivity index (χ0v) is 11.9. The van der Waals surface area contributed by atoms with Crippen LogP contribution in [0.1, 0.15) is 11.6 Å². The molecule has 0 aliphatic heterocycles. The van der Waals surface area contributed by atoms with Gasteiger partial charge in [0.15, 0.2) is 0 Å². The molecule has 0 fully saturated rings. The Bertz CT molecular complexity index is 760. The van der Waals surface area contributed by atoms with Gasteiger partial charge in [0.25, 0.3) is 0 Å². The van der Waals surface area contributed by atoms with Crippen molar-refractivity contribution in [1.29, 1.82) is 0 Å². The lowest BCUT2D eigenvalue weighted by Gasteiger charge is -2.10. The van der Waals surface area contributed by atoms with Crippen LogP contribution in [0.4, 0.5) is 17.2 Å². The topological polar surface area (TPSA) is 81.6 Å². The fraction of sp³-hybridized carbons (Fsp3) is 0.133. The average Bonchev–Trinajstić information content (AvgIpc) is 2.87. The van der Waals surface area contributed by atoms with Crippen molar-refractivity contribution < 1.29 is 0 Å². The van der Waals surface area contributed by atoms with Crippen LogP contribution in [-0.2, 0) is 0 Å². The summed E-state index contributed by atoms with van der Waals surface area (Å²) in [5, 5.41) is 3.25. The van der Waals surface area contributed by atoms with Crippen molar-refractivity contribution in [2.24, 2.45) is 0 Å². The lowest BCUT2D eigenvalue weighted by molar-refractivity contribution is 0.901. The molecule has 3 rings (SSSR count). The molecule has 1 aromatic carbocycles. The van der Waals surface area contributed by atoms with E-state index >= 15 is 0 Å². The number of aromatic nitrogens is 4. The summed E-state index contributed by atoms with van der Waals surface area (Å²) in [6.45, 7) is 3.80. The van der Waals surface area contributed by atoms with Crippen LogP contribution in [0.15, 0.2) is 42.7 Å². The Hall–Kier alpha value is -2.89. The van der Waals surface area contributed by atoms with E-state index in [1.54, 1.807) is 6.20 Å². The maximum Gasteiger partial charge on any atom is 0.143 e. The second-order valence-corrected chi connectivity index (χ2v) is 4.75. The van der Waals surface area contributed by atoms with Gasteiger partial charge in [0.1, 0.15) is 23.3 Å². The molecule has 0 atom stereocenters. The molecule has 3 aromatic rings. The number of nitrogen functional groups attached to an aromatic ring is 1. The van der Waals surface area contributed by atoms with E-state index in [-0.39, 0.29) is 0 Å². The molecule has 6 nitrogen and oxygen atoms in total. The number of nitrogens with two attached hydrogens (primary N) is 1. The summed E-state index contributed by atoms with van der Waals surface area (Å²) in [6, 6.07) is 9.40. The number of hydrogen-bond donors (Lipinski definition) is 2. The summed E-state index contributed by atoms with van der Waals surface area (Å²) in [5.74, 6) is 3.09. The van der Waals surface area contributed by atoms with E-state index in [4.69, 9.17) is 5.73 Å². The van der Waals surface area contributed by atoms with Gasteiger partial charge in [-0.1, -0.05) is 0 Å². The van der Waals surface area contributed by atoms with Crippen LogP contribution in [-0.4, -0.2) is 19.5 Å². The number of benzene rings is 1. The molecule has 2 aromatic heterocycles.